The molecule has 1 fully saturated rings. The van der Waals surface area contributed by atoms with Crippen LogP contribution < -0.4 is 10.6 Å². The van der Waals surface area contributed by atoms with Crippen molar-refractivity contribution in [1.82, 2.24) is 10.2 Å². The molecule has 3 N–H and O–H groups in total. The first kappa shape index (κ1) is 25.9. The van der Waals surface area contributed by atoms with Crippen LogP contribution in [-0.2, 0) is 14.4 Å². The number of halogens is 3. The average molecular weight is 445 g/mol. The zero-order valence-electron chi connectivity index (χ0n) is 17.3. The van der Waals surface area contributed by atoms with Crippen molar-refractivity contribution in [3.63, 3.8) is 0 Å². The van der Waals surface area contributed by atoms with Crippen LogP contribution in [0, 0.1) is 5.92 Å². The van der Waals surface area contributed by atoms with E-state index in [1.807, 2.05) is 6.92 Å². The molecule has 1 aromatic rings. The van der Waals surface area contributed by atoms with Gasteiger partial charge in [0.15, 0.2) is 0 Å². The maximum absolute atomic E-state index is 12.5. The molecular formula is C20H26F3N3O5. The number of amides is 3. The minimum absolute atomic E-state index is 0.000585. The van der Waals surface area contributed by atoms with Gasteiger partial charge in [0, 0.05) is 43.2 Å². The van der Waals surface area contributed by atoms with E-state index in [1.165, 1.54) is 0 Å². The van der Waals surface area contributed by atoms with Gasteiger partial charge in [-0.1, -0.05) is 6.92 Å². The summed E-state index contributed by atoms with van der Waals surface area (Å²) in [4.78, 5) is 46.4. The number of likely N-dealkylation sites (tertiary alicyclic amines) is 1. The molecule has 31 heavy (non-hydrogen) atoms. The second-order valence-corrected chi connectivity index (χ2v) is 6.74. The normalized spacial score (nSPS) is 14.2. The molecule has 0 aliphatic carbocycles. The number of carbonyl (C=O) groups excluding carboxylic acids is 3. The number of hydrogen-bond donors (Lipinski definition) is 3. The predicted molar refractivity (Wildman–Crippen MR) is 106 cm³/mol. The van der Waals surface area contributed by atoms with Crippen LogP contribution in [0.3, 0.4) is 0 Å². The average Bonchev–Trinajstić information content (AvgIpc) is 2.73. The smallest absolute Gasteiger partial charge is 0.475 e. The Morgan fingerprint density at radius 3 is 2.00 bits per heavy atom. The van der Waals surface area contributed by atoms with Gasteiger partial charge in [-0.15, -0.1) is 0 Å². The minimum atomic E-state index is -5.08. The van der Waals surface area contributed by atoms with E-state index >= 15 is 0 Å². The van der Waals surface area contributed by atoms with E-state index in [-0.39, 0.29) is 23.6 Å². The van der Waals surface area contributed by atoms with E-state index in [2.05, 4.69) is 10.6 Å². The fraction of sp³-hybridized carbons (Fsp3) is 0.500. The minimum Gasteiger partial charge on any atom is -0.475 e. The highest BCUT2D eigenvalue weighted by molar-refractivity contribution is 5.96. The topological polar surface area (TPSA) is 116 Å². The summed E-state index contributed by atoms with van der Waals surface area (Å²) in [5.41, 5.74) is 1.29. The van der Waals surface area contributed by atoms with Crippen molar-refractivity contribution in [2.24, 2.45) is 5.92 Å². The molecule has 0 saturated carbocycles. The lowest BCUT2D eigenvalue weighted by atomic mass is 9.95. The fourth-order valence-electron chi connectivity index (χ4n) is 2.79. The first-order valence-corrected chi connectivity index (χ1v) is 9.76. The van der Waals surface area contributed by atoms with E-state index in [4.69, 9.17) is 9.90 Å². The van der Waals surface area contributed by atoms with Gasteiger partial charge in [-0.3, -0.25) is 14.4 Å². The third-order valence-electron chi connectivity index (χ3n) is 4.48. The third kappa shape index (κ3) is 8.65. The molecule has 0 spiro atoms. The molecule has 1 aliphatic rings. The molecule has 3 amide bonds. The Kier molecular flexibility index (Phi) is 9.97. The Morgan fingerprint density at radius 2 is 1.58 bits per heavy atom. The number of hydrogen-bond acceptors (Lipinski definition) is 4. The molecule has 1 heterocycles. The quantitative estimate of drug-likeness (QED) is 0.645. The van der Waals surface area contributed by atoms with Crippen molar-refractivity contribution in [1.29, 1.82) is 0 Å². The van der Waals surface area contributed by atoms with E-state index in [1.54, 1.807) is 36.1 Å². The summed E-state index contributed by atoms with van der Waals surface area (Å²) in [7, 11) is 0. The third-order valence-corrected chi connectivity index (χ3v) is 4.48. The molecule has 8 nitrogen and oxygen atoms in total. The van der Waals surface area contributed by atoms with Gasteiger partial charge in [0.05, 0.1) is 0 Å². The summed E-state index contributed by atoms with van der Waals surface area (Å²) in [6.45, 7) is 5.52. The number of anilines is 1. The SMILES string of the molecule is CCNC(=O)C1CCN(C(=O)c2ccc(NC(=O)CC)cc2)CC1.O=C(O)C(F)(F)F. The number of carboxylic acid groups (broad SMARTS) is 1. The summed E-state index contributed by atoms with van der Waals surface area (Å²) in [5.74, 6) is -2.76. The largest absolute Gasteiger partial charge is 0.490 e. The van der Waals surface area contributed by atoms with Crippen molar-refractivity contribution in [2.45, 2.75) is 39.3 Å². The van der Waals surface area contributed by atoms with Gasteiger partial charge in [-0.05, 0) is 44.0 Å². The Hall–Kier alpha value is -3.11. The van der Waals surface area contributed by atoms with Crippen molar-refractivity contribution in [2.75, 3.05) is 25.0 Å². The van der Waals surface area contributed by atoms with Crippen LogP contribution in [0.25, 0.3) is 0 Å². The Morgan fingerprint density at radius 1 is 1.06 bits per heavy atom. The number of piperidine rings is 1. The number of nitrogens with one attached hydrogen (secondary N) is 2. The van der Waals surface area contributed by atoms with E-state index < -0.39 is 12.1 Å². The lowest BCUT2D eigenvalue weighted by Crippen LogP contribution is -2.43. The highest BCUT2D eigenvalue weighted by atomic mass is 19.4. The van der Waals surface area contributed by atoms with Crippen molar-refractivity contribution in [3.8, 4) is 0 Å². The molecule has 11 heteroatoms. The second-order valence-electron chi connectivity index (χ2n) is 6.74. The number of nitrogens with zero attached hydrogens (tertiary/aromatic N) is 1. The number of carbonyl (C=O) groups is 4. The number of aliphatic carboxylic acids is 1. The Labute approximate surface area is 177 Å². The summed E-state index contributed by atoms with van der Waals surface area (Å²) >= 11 is 0. The molecule has 2 rings (SSSR count). The molecule has 0 unspecified atom stereocenters. The Balaban J connectivity index is 0.000000592. The summed E-state index contributed by atoms with van der Waals surface area (Å²) in [6.07, 6.45) is -3.27. The molecule has 172 valence electrons. The Bertz CT molecular complexity index is 773. The lowest BCUT2D eigenvalue weighted by Gasteiger charge is -2.31. The van der Waals surface area contributed by atoms with E-state index in [9.17, 15) is 27.6 Å². The van der Waals surface area contributed by atoms with Crippen LogP contribution in [0.2, 0.25) is 0 Å². The zero-order valence-corrected chi connectivity index (χ0v) is 17.3. The first-order valence-electron chi connectivity index (χ1n) is 9.76. The van der Waals surface area contributed by atoms with Gasteiger partial charge in [0.1, 0.15) is 0 Å². The van der Waals surface area contributed by atoms with Gasteiger partial charge in [-0.2, -0.15) is 13.2 Å². The summed E-state index contributed by atoms with van der Waals surface area (Å²) in [6, 6.07) is 6.93. The van der Waals surface area contributed by atoms with E-state index in [0.29, 0.717) is 50.1 Å². The second kappa shape index (κ2) is 11.9. The summed E-state index contributed by atoms with van der Waals surface area (Å²) < 4.78 is 31.7. The molecular weight excluding hydrogens is 419 g/mol. The number of rotatable bonds is 5. The maximum Gasteiger partial charge on any atom is 0.490 e. The number of alkyl halides is 3. The van der Waals surface area contributed by atoms with Crippen molar-refractivity contribution < 1.29 is 37.5 Å². The van der Waals surface area contributed by atoms with Gasteiger partial charge in [-0.25, -0.2) is 4.79 Å². The number of benzene rings is 1. The van der Waals surface area contributed by atoms with Crippen LogP contribution in [0.5, 0.6) is 0 Å². The van der Waals surface area contributed by atoms with Crippen molar-refractivity contribution in [3.05, 3.63) is 29.8 Å². The molecule has 0 aromatic heterocycles. The van der Waals surface area contributed by atoms with Gasteiger partial charge >= 0.3 is 12.1 Å². The van der Waals surface area contributed by atoms with Crippen LogP contribution in [-0.4, -0.2) is 59.5 Å². The van der Waals surface area contributed by atoms with Gasteiger partial charge < -0.3 is 20.6 Å². The zero-order chi connectivity index (χ0) is 23.6. The molecule has 0 radical (unpaired) electrons. The molecule has 1 aliphatic heterocycles. The summed E-state index contributed by atoms with van der Waals surface area (Å²) in [5, 5.41) is 12.7. The van der Waals surface area contributed by atoms with Gasteiger partial charge in [0.2, 0.25) is 11.8 Å². The number of carboxylic acids is 1. The van der Waals surface area contributed by atoms with Crippen molar-refractivity contribution >= 4 is 29.4 Å². The molecule has 1 aromatic carbocycles. The lowest BCUT2D eigenvalue weighted by molar-refractivity contribution is -0.192. The van der Waals surface area contributed by atoms with Crippen LogP contribution in [0.4, 0.5) is 18.9 Å². The fourth-order valence-corrected chi connectivity index (χ4v) is 2.79. The standard InChI is InChI=1S/C18H25N3O3.C2HF3O2/c1-3-16(22)20-15-7-5-14(6-8-15)18(24)21-11-9-13(10-12-21)17(23)19-4-2;3-2(4,5)1(6)7/h5-8,13H,3-4,9-12H2,1-2H3,(H,19,23)(H,20,22);(H,6,7). The molecule has 0 atom stereocenters. The monoisotopic (exact) mass is 445 g/mol. The highest BCUT2D eigenvalue weighted by Crippen LogP contribution is 2.20. The first-order chi connectivity index (χ1) is 14.5. The van der Waals surface area contributed by atoms with Gasteiger partial charge in [0.25, 0.3) is 5.91 Å². The molecule has 0 bridgehead atoms. The predicted octanol–water partition coefficient (Wildman–Crippen LogP) is 2.66. The maximum atomic E-state index is 12.5. The van der Waals surface area contributed by atoms with Crippen LogP contribution >= 0.6 is 0 Å². The van der Waals surface area contributed by atoms with Crippen LogP contribution in [0.15, 0.2) is 24.3 Å². The molecule has 1 saturated heterocycles. The van der Waals surface area contributed by atoms with Crippen LogP contribution in [0.1, 0.15) is 43.5 Å². The van der Waals surface area contributed by atoms with E-state index in [0.717, 1.165) is 0 Å². The highest BCUT2D eigenvalue weighted by Gasteiger charge is 2.38.